The Balaban J connectivity index is 0.000000233. The molecule has 3 heterocycles. The van der Waals surface area contributed by atoms with E-state index in [0.717, 1.165) is 44.5 Å². The van der Waals surface area contributed by atoms with Gasteiger partial charge >= 0.3 is 0 Å². The van der Waals surface area contributed by atoms with Crippen LogP contribution in [0.3, 0.4) is 0 Å². The first-order valence-corrected chi connectivity index (χ1v) is 20.2. The van der Waals surface area contributed by atoms with Gasteiger partial charge in [0.05, 0.1) is 13.7 Å². The number of fused-ring (bicyclic) bond motifs is 3. The van der Waals surface area contributed by atoms with E-state index in [1.807, 2.05) is 42.7 Å². The van der Waals surface area contributed by atoms with E-state index >= 15 is 0 Å². The van der Waals surface area contributed by atoms with Gasteiger partial charge in [-0.1, -0.05) is 120 Å². The van der Waals surface area contributed by atoms with Crippen molar-refractivity contribution >= 4 is 35.2 Å². The minimum atomic E-state index is -1.23. The van der Waals surface area contributed by atoms with Gasteiger partial charge in [0, 0.05) is 43.3 Å². The largest absolute Gasteiger partial charge is 0.500 e. The minimum absolute atomic E-state index is 0. The summed E-state index contributed by atoms with van der Waals surface area (Å²) in [4.78, 5) is 9.13. The van der Waals surface area contributed by atoms with E-state index in [-0.39, 0.29) is 30.9 Å². The van der Waals surface area contributed by atoms with Crippen LogP contribution in [0.15, 0.2) is 126 Å². The first-order valence-electron chi connectivity index (χ1n) is 16.7. The van der Waals surface area contributed by atoms with Gasteiger partial charge < -0.3 is 14.4 Å². The molecule has 0 saturated heterocycles. The fourth-order valence-corrected chi connectivity index (χ4v) is 6.91. The summed E-state index contributed by atoms with van der Waals surface area (Å²) in [5, 5.41) is 3.61. The number of hydrogen-bond acceptors (Lipinski definition) is 3. The van der Waals surface area contributed by atoms with Crippen molar-refractivity contribution in [3.63, 3.8) is 0 Å². The van der Waals surface area contributed by atoms with E-state index in [1.54, 1.807) is 0 Å². The maximum absolute atomic E-state index is 6.24. The summed E-state index contributed by atoms with van der Waals surface area (Å²) in [7, 11) is -1.23. The number of pyridine rings is 2. The van der Waals surface area contributed by atoms with Crippen LogP contribution in [0.5, 0.6) is 0 Å². The van der Waals surface area contributed by atoms with Crippen molar-refractivity contribution in [3.8, 4) is 22.5 Å². The summed E-state index contributed by atoms with van der Waals surface area (Å²) in [5.41, 5.74) is 9.50. The first kappa shape index (κ1) is 36.1. The third-order valence-electron chi connectivity index (χ3n) is 9.14. The fraction of sp³-hybridized carbons (Fsp3) is 0.227. The minimum Gasteiger partial charge on any atom is -0.500 e. The van der Waals surface area contributed by atoms with E-state index in [1.165, 1.54) is 21.9 Å². The molecular weight excluding hydrogens is 793 g/mol. The maximum atomic E-state index is 6.24. The quantitative estimate of drug-likeness (QED) is 0.128. The Hall–Kier alpha value is -4.15. The molecule has 0 atom stereocenters. The average molecular weight is 837 g/mol. The van der Waals surface area contributed by atoms with Crippen molar-refractivity contribution in [1.82, 2.24) is 9.97 Å². The maximum Gasteiger partial charge on any atom is 0.121 e. The molecule has 5 heteroatoms. The van der Waals surface area contributed by atoms with Crippen LogP contribution in [0.4, 0.5) is 0 Å². The van der Waals surface area contributed by atoms with Crippen LogP contribution >= 0.6 is 0 Å². The molecule has 3 aromatic heterocycles. The van der Waals surface area contributed by atoms with Crippen LogP contribution in [-0.4, -0.2) is 18.0 Å². The number of nitrogens with zero attached hydrogens (tertiary/aromatic N) is 2. The number of benzene rings is 4. The summed E-state index contributed by atoms with van der Waals surface area (Å²) >= 11 is 0. The second-order valence-corrected chi connectivity index (χ2v) is 20.1. The molecule has 49 heavy (non-hydrogen) atoms. The zero-order valence-corrected chi connectivity index (χ0v) is 33.1. The van der Waals surface area contributed by atoms with Gasteiger partial charge in [-0.25, -0.2) is 0 Å². The zero-order valence-electron chi connectivity index (χ0n) is 29.7. The molecule has 0 aliphatic heterocycles. The van der Waals surface area contributed by atoms with Gasteiger partial charge in [-0.05, 0) is 50.8 Å². The van der Waals surface area contributed by atoms with Crippen molar-refractivity contribution in [3.05, 3.63) is 150 Å². The molecule has 0 saturated carbocycles. The molecule has 7 aromatic rings. The van der Waals surface area contributed by atoms with E-state index < -0.39 is 8.07 Å². The average Bonchev–Trinajstić information content (AvgIpc) is 3.46. The van der Waals surface area contributed by atoms with Crippen LogP contribution in [0.25, 0.3) is 44.5 Å². The SMILES string of the molecule is CC(C)(C)c1ccnc(-c2[c-]cc3oc4cc(C(C)(C)c5ccccc5)ccc4c3c2)c1.C[Si](C)(C)c1ccc(-c2[c-]cccc2)nc1.[Ir]. The topological polar surface area (TPSA) is 38.9 Å². The molecule has 3 nitrogen and oxygen atoms in total. The van der Waals surface area contributed by atoms with Crippen LogP contribution in [-0.2, 0) is 30.9 Å². The summed E-state index contributed by atoms with van der Waals surface area (Å²) in [6.07, 6.45) is 3.90. The molecule has 251 valence electrons. The van der Waals surface area contributed by atoms with Crippen LogP contribution in [0, 0.1) is 12.1 Å². The summed E-state index contributed by atoms with van der Waals surface area (Å²) in [5.74, 6) is 0. The zero-order chi connectivity index (χ0) is 34.1. The number of rotatable bonds is 5. The number of aromatic nitrogens is 2. The molecule has 4 aromatic carbocycles. The molecule has 0 amide bonds. The van der Waals surface area contributed by atoms with Crippen LogP contribution < -0.4 is 5.19 Å². The third kappa shape index (κ3) is 8.02. The summed E-state index contributed by atoms with van der Waals surface area (Å²) < 4.78 is 6.24. The van der Waals surface area contributed by atoms with Gasteiger partial charge in [0.2, 0.25) is 0 Å². The van der Waals surface area contributed by atoms with E-state index in [2.05, 4.69) is 155 Å². The Morgan fingerprint density at radius 3 is 2.02 bits per heavy atom. The van der Waals surface area contributed by atoms with Crippen molar-refractivity contribution < 1.29 is 24.5 Å². The monoisotopic (exact) mass is 837 g/mol. The number of hydrogen-bond donors (Lipinski definition) is 0. The van der Waals surface area contributed by atoms with Gasteiger partial charge in [0.1, 0.15) is 5.58 Å². The smallest absolute Gasteiger partial charge is 0.121 e. The second-order valence-electron chi connectivity index (χ2n) is 15.1. The van der Waals surface area contributed by atoms with Crippen LogP contribution in [0.1, 0.15) is 51.3 Å². The molecule has 0 spiro atoms. The van der Waals surface area contributed by atoms with Crippen LogP contribution in [0.2, 0.25) is 19.6 Å². The van der Waals surface area contributed by atoms with Gasteiger partial charge in [0.25, 0.3) is 0 Å². The van der Waals surface area contributed by atoms with Crippen molar-refractivity contribution in [2.45, 2.75) is 65.1 Å². The molecular formula is C44H44IrN2OSi-2. The summed E-state index contributed by atoms with van der Waals surface area (Å²) in [6.45, 7) is 18.2. The molecule has 7 rings (SSSR count). The Kier molecular flexibility index (Phi) is 10.6. The Morgan fingerprint density at radius 1 is 0.612 bits per heavy atom. The third-order valence-corrected chi connectivity index (χ3v) is 11.2. The van der Waals surface area contributed by atoms with Crippen molar-refractivity contribution in [2.24, 2.45) is 0 Å². The van der Waals surface area contributed by atoms with E-state index in [4.69, 9.17) is 4.42 Å². The molecule has 0 bridgehead atoms. The molecule has 0 fully saturated rings. The predicted molar refractivity (Wildman–Crippen MR) is 205 cm³/mol. The first-order chi connectivity index (χ1) is 22.8. The molecule has 0 unspecified atom stereocenters. The Bertz CT molecular complexity index is 2160. The molecule has 0 aliphatic rings. The molecule has 0 aliphatic carbocycles. The standard InChI is InChI=1S/C30H28NO.C14H16NSi.Ir/c1-29(2,3)22-15-16-31-26(18-22)20-11-14-27-25(17-20)24-13-12-23(19-28(24)32-27)30(4,5)21-9-7-6-8-10-21;1-16(2,3)13-9-10-14(15-11-13)12-7-5-4-6-8-12;/h6-10,12-19H,1-5H3;4-7,9-11H,1-3H3;/q2*-1;. The van der Waals surface area contributed by atoms with Crippen molar-refractivity contribution in [2.75, 3.05) is 0 Å². The van der Waals surface area contributed by atoms with Gasteiger partial charge in [0.15, 0.2) is 0 Å². The Labute approximate surface area is 306 Å². The molecule has 0 N–H and O–H groups in total. The predicted octanol–water partition coefficient (Wildman–Crippen LogP) is 11.2. The fourth-order valence-electron chi connectivity index (χ4n) is 5.87. The molecule has 1 radical (unpaired) electrons. The van der Waals surface area contributed by atoms with E-state index in [9.17, 15) is 0 Å². The number of furan rings is 1. The van der Waals surface area contributed by atoms with E-state index in [0.29, 0.717) is 0 Å². The Morgan fingerprint density at radius 2 is 1.37 bits per heavy atom. The van der Waals surface area contributed by atoms with Gasteiger partial charge in [-0.15, -0.1) is 59.7 Å². The van der Waals surface area contributed by atoms with Gasteiger partial charge in [-0.3, -0.25) is 0 Å². The van der Waals surface area contributed by atoms with Gasteiger partial charge in [-0.2, -0.15) is 0 Å². The normalized spacial score (nSPS) is 11.9. The van der Waals surface area contributed by atoms with Crippen molar-refractivity contribution in [1.29, 1.82) is 0 Å². The summed E-state index contributed by atoms with van der Waals surface area (Å²) in [6, 6.07) is 44.4. The second kappa shape index (κ2) is 14.4.